The first-order chi connectivity index (χ1) is 6.65. The summed E-state index contributed by atoms with van der Waals surface area (Å²) in [5.41, 5.74) is -0.102. The van der Waals surface area contributed by atoms with Gasteiger partial charge in [-0.15, -0.1) is 0 Å². The summed E-state index contributed by atoms with van der Waals surface area (Å²) in [6.07, 6.45) is 0.327. The van der Waals surface area contributed by atoms with E-state index in [1.807, 2.05) is 26.8 Å². The van der Waals surface area contributed by atoms with Crippen LogP contribution < -0.4 is 0 Å². The van der Waals surface area contributed by atoms with Gasteiger partial charge in [-0.1, -0.05) is 27.7 Å². The molecule has 0 amide bonds. The van der Waals surface area contributed by atoms with E-state index in [1.54, 1.807) is 6.92 Å². The third kappa shape index (κ3) is 4.18. The van der Waals surface area contributed by atoms with Crippen molar-refractivity contribution in [1.82, 2.24) is 4.31 Å². The number of sulfonamides is 1. The summed E-state index contributed by atoms with van der Waals surface area (Å²) >= 11 is 0. The Kier molecular flexibility index (Phi) is 4.75. The van der Waals surface area contributed by atoms with Crippen LogP contribution in [0.5, 0.6) is 0 Å². The lowest BCUT2D eigenvalue weighted by molar-refractivity contribution is 0.309. The fourth-order valence-corrected chi connectivity index (χ4v) is 2.90. The zero-order chi connectivity index (χ0) is 12.3. The van der Waals surface area contributed by atoms with E-state index >= 15 is 0 Å². The standard InChI is InChI=1S/C10H20N2O2S/c1-6-9(7-11)15(13,14)12(5)8-10(2,3)4/h9H,6,8H2,1-5H3. The number of hydrogen-bond donors (Lipinski definition) is 0. The minimum absolute atomic E-state index is 0.102. The first-order valence-electron chi connectivity index (χ1n) is 5.00. The van der Waals surface area contributed by atoms with Crippen molar-refractivity contribution in [3.05, 3.63) is 0 Å². The van der Waals surface area contributed by atoms with E-state index in [0.717, 1.165) is 0 Å². The summed E-state index contributed by atoms with van der Waals surface area (Å²) in [5.74, 6) is 0. The van der Waals surface area contributed by atoms with Crippen LogP contribution in [0.2, 0.25) is 0 Å². The molecule has 1 atom stereocenters. The third-order valence-electron chi connectivity index (χ3n) is 2.01. The summed E-state index contributed by atoms with van der Waals surface area (Å²) in [6.45, 7) is 8.02. The highest BCUT2D eigenvalue weighted by molar-refractivity contribution is 7.89. The summed E-state index contributed by atoms with van der Waals surface area (Å²) in [5, 5.41) is 7.83. The molecule has 0 saturated carbocycles. The Bertz CT molecular complexity index is 335. The van der Waals surface area contributed by atoms with Gasteiger partial charge < -0.3 is 0 Å². The number of hydrogen-bond acceptors (Lipinski definition) is 3. The first-order valence-corrected chi connectivity index (χ1v) is 6.50. The van der Waals surface area contributed by atoms with Crippen molar-refractivity contribution in [2.24, 2.45) is 5.41 Å². The van der Waals surface area contributed by atoms with Crippen LogP contribution in [0.3, 0.4) is 0 Å². The van der Waals surface area contributed by atoms with Gasteiger partial charge in [0.1, 0.15) is 0 Å². The lowest BCUT2D eigenvalue weighted by Gasteiger charge is -2.27. The van der Waals surface area contributed by atoms with Crippen molar-refractivity contribution in [3.8, 4) is 6.07 Å². The smallest absolute Gasteiger partial charge is 0.211 e. The van der Waals surface area contributed by atoms with Gasteiger partial charge in [-0.05, 0) is 11.8 Å². The molecule has 0 radical (unpaired) electrons. The van der Waals surface area contributed by atoms with Gasteiger partial charge in [0, 0.05) is 13.6 Å². The second-order valence-electron chi connectivity index (χ2n) is 4.89. The van der Waals surface area contributed by atoms with E-state index in [1.165, 1.54) is 11.4 Å². The van der Waals surface area contributed by atoms with E-state index in [9.17, 15) is 8.42 Å². The molecule has 5 heteroatoms. The molecule has 0 rings (SSSR count). The molecule has 0 aromatic rings. The van der Waals surface area contributed by atoms with Gasteiger partial charge in [0.25, 0.3) is 0 Å². The van der Waals surface area contributed by atoms with E-state index < -0.39 is 15.3 Å². The van der Waals surface area contributed by atoms with E-state index in [0.29, 0.717) is 13.0 Å². The Morgan fingerprint density at radius 1 is 1.40 bits per heavy atom. The van der Waals surface area contributed by atoms with Crippen molar-refractivity contribution >= 4 is 10.0 Å². The van der Waals surface area contributed by atoms with Crippen molar-refractivity contribution in [3.63, 3.8) is 0 Å². The summed E-state index contributed by atoms with van der Waals surface area (Å²) in [6, 6.07) is 1.83. The Labute approximate surface area is 92.9 Å². The van der Waals surface area contributed by atoms with Crippen LogP contribution >= 0.6 is 0 Å². The summed E-state index contributed by atoms with van der Waals surface area (Å²) in [4.78, 5) is 0. The van der Waals surface area contributed by atoms with Gasteiger partial charge in [0.05, 0.1) is 6.07 Å². The van der Waals surface area contributed by atoms with Crippen molar-refractivity contribution < 1.29 is 8.42 Å². The fourth-order valence-electron chi connectivity index (χ4n) is 1.34. The van der Waals surface area contributed by atoms with Crippen molar-refractivity contribution in [1.29, 1.82) is 5.26 Å². The Balaban J connectivity index is 4.83. The highest BCUT2D eigenvalue weighted by Gasteiger charge is 2.30. The Morgan fingerprint density at radius 2 is 1.87 bits per heavy atom. The second kappa shape index (κ2) is 4.95. The molecule has 4 nitrogen and oxygen atoms in total. The van der Waals surface area contributed by atoms with E-state index in [4.69, 9.17) is 5.26 Å². The van der Waals surface area contributed by atoms with Gasteiger partial charge in [0.15, 0.2) is 5.25 Å². The molecule has 0 aliphatic rings. The molecule has 0 fully saturated rings. The largest absolute Gasteiger partial charge is 0.230 e. The molecule has 0 aliphatic heterocycles. The molecule has 0 aromatic heterocycles. The molecule has 0 saturated heterocycles. The van der Waals surface area contributed by atoms with Crippen LogP contribution in [0.4, 0.5) is 0 Å². The van der Waals surface area contributed by atoms with E-state index in [-0.39, 0.29) is 5.41 Å². The lowest BCUT2D eigenvalue weighted by atomic mass is 9.97. The van der Waals surface area contributed by atoms with Gasteiger partial charge in [-0.3, -0.25) is 0 Å². The van der Waals surface area contributed by atoms with E-state index in [2.05, 4.69) is 0 Å². The number of rotatable bonds is 4. The second-order valence-corrected chi connectivity index (χ2v) is 7.11. The summed E-state index contributed by atoms with van der Waals surface area (Å²) in [7, 11) is -1.93. The van der Waals surface area contributed by atoms with Crippen LogP contribution in [0.1, 0.15) is 34.1 Å². The highest BCUT2D eigenvalue weighted by Crippen LogP contribution is 2.19. The normalized spacial score (nSPS) is 15.0. The molecule has 0 aromatic carbocycles. The predicted octanol–water partition coefficient (Wildman–Crippen LogP) is 1.60. The topological polar surface area (TPSA) is 61.2 Å². The zero-order valence-corrected chi connectivity index (χ0v) is 10.9. The van der Waals surface area contributed by atoms with Crippen LogP contribution in [-0.4, -0.2) is 31.6 Å². The quantitative estimate of drug-likeness (QED) is 0.739. The maximum absolute atomic E-state index is 11.9. The molecule has 88 valence electrons. The third-order valence-corrected chi connectivity index (χ3v) is 4.16. The van der Waals surface area contributed by atoms with Gasteiger partial charge >= 0.3 is 0 Å². The summed E-state index contributed by atoms with van der Waals surface area (Å²) < 4.78 is 25.0. The van der Waals surface area contributed by atoms with Crippen LogP contribution in [0.25, 0.3) is 0 Å². The number of nitriles is 1. The molecule has 0 bridgehead atoms. The average molecular weight is 232 g/mol. The molecule has 0 N–H and O–H groups in total. The lowest BCUT2D eigenvalue weighted by Crippen LogP contribution is -2.39. The van der Waals surface area contributed by atoms with Crippen molar-refractivity contribution in [2.45, 2.75) is 39.4 Å². The highest BCUT2D eigenvalue weighted by atomic mass is 32.2. The van der Waals surface area contributed by atoms with Gasteiger partial charge in [-0.2, -0.15) is 5.26 Å². The Hall–Kier alpha value is -0.600. The maximum Gasteiger partial charge on any atom is 0.230 e. The predicted molar refractivity (Wildman–Crippen MR) is 60.7 cm³/mol. The molecule has 0 aliphatic carbocycles. The Morgan fingerprint density at radius 3 is 2.13 bits per heavy atom. The number of nitrogens with zero attached hydrogens (tertiary/aromatic N) is 2. The van der Waals surface area contributed by atoms with Gasteiger partial charge in [0.2, 0.25) is 10.0 Å². The molecule has 15 heavy (non-hydrogen) atoms. The fraction of sp³-hybridized carbons (Fsp3) is 0.900. The molecule has 1 unspecified atom stereocenters. The van der Waals surface area contributed by atoms with Crippen LogP contribution in [0.15, 0.2) is 0 Å². The van der Waals surface area contributed by atoms with Crippen LogP contribution in [0, 0.1) is 16.7 Å². The van der Waals surface area contributed by atoms with Gasteiger partial charge in [-0.25, -0.2) is 12.7 Å². The molecular formula is C10H20N2O2S. The average Bonchev–Trinajstić information content (AvgIpc) is 2.02. The van der Waals surface area contributed by atoms with Crippen LogP contribution in [-0.2, 0) is 10.0 Å². The SMILES string of the molecule is CCC(C#N)S(=O)(=O)N(C)CC(C)(C)C. The van der Waals surface area contributed by atoms with Crippen molar-refractivity contribution in [2.75, 3.05) is 13.6 Å². The monoisotopic (exact) mass is 232 g/mol. The molecule has 0 heterocycles. The maximum atomic E-state index is 11.9. The first kappa shape index (κ1) is 14.4. The molecular weight excluding hydrogens is 212 g/mol. The minimum Gasteiger partial charge on any atom is -0.211 e. The zero-order valence-electron chi connectivity index (χ0n) is 10.1. The molecule has 0 spiro atoms. The minimum atomic E-state index is -3.46.